The Morgan fingerprint density at radius 1 is 1.32 bits per heavy atom. The van der Waals surface area contributed by atoms with Crippen LogP contribution in [0.2, 0.25) is 0 Å². The van der Waals surface area contributed by atoms with Crippen molar-refractivity contribution in [3.8, 4) is 0 Å². The summed E-state index contributed by atoms with van der Waals surface area (Å²) in [5.74, 6) is -0.494. The molecule has 0 spiro atoms. The van der Waals surface area contributed by atoms with Gasteiger partial charge in [-0.3, -0.25) is 9.59 Å². The number of ether oxygens (including phenoxy) is 1. The first-order chi connectivity index (χ1) is 9.06. The van der Waals surface area contributed by atoms with Crippen molar-refractivity contribution < 1.29 is 14.3 Å². The summed E-state index contributed by atoms with van der Waals surface area (Å²) >= 11 is 0. The second-order valence-electron chi connectivity index (χ2n) is 4.13. The van der Waals surface area contributed by atoms with Crippen LogP contribution >= 0.6 is 0 Å². The fourth-order valence-electron chi connectivity index (χ4n) is 1.73. The third kappa shape index (κ3) is 4.99. The average molecular weight is 264 g/mol. The van der Waals surface area contributed by atoms with Crippen LogP contribution in [-0.2, 0) is 20.7 Å². The highest BCUT2D eigenvalue weighted by molar-refractivity contribution is 5.83. The van der Waals surface area contributed by atoms with E-state index in [-0.39, 0.29) is 24.8 Å². The van der Waals surface area contributed by atoms with Crippen molar-refractivity contribution >= 4 is 17.6 Å². The zero-order chi connectivity index (χ0) is 14.3. The van der Waals surface area contributed by atoms with Gasteiger partial charge in [-0.2, -0.15) is 0 Å². The van der Waals surface area contributed by atoms with Crippen LogP contribution in [0.15, 0.2) is 24.3 Å². The Bertz CT molecular complexity index is 446. The summed E-state index contributed by atoms with van der Waals surface area (Å²) in [6, 6.07) is 7.17. The van der Waals surface area contributed by atoms with E-state index in [1.165, 1.54) is 4.90 Å². The molecule has 104 valence electrons. The van der Waals surface area contributed by atoms with E-state index >= 15 is 0 Å². The van der Waals surface area contributed by atoms with E-state index in [9.17, 15) is 9.59 Å². The molecule has 0 unspecified atom stereocenters. The number of hydrogen-bond donors (Lipinski definition) is 1. The van der Waals surface area contributed by atoms with Gasteiger partial charge >= 0.3 is 5.97 Å². The molecule has 0 aliphatic rings. The predicted molar refractivity (Wildman–Crippen MR) is 73.4 cm³/mol. The fraction of sp³-hybridized carbons (Fsp3) is 0.429. The Kier molecular flexibility index (Phi) is 5.85. The largest absolute Gasteiger partial charge is 0.465 e. The number of nitrogens with zero attached hydrogens (tertiary/aromatic N) is 1. The summed E-state index contributed by atoms with van der Waals surface area (Å²) < 4.78 is 4.84. The van der Waals surface area contributed by atoms with Crippen LogP contribution in [0.25, 0.3) is 0 Å². The molecule has 1 aromatic rings. The van der Waals surface area contributed by atoms with E-state index in [0.29, 0.717) is 18.8 Å². The molecule has 1 aromatic carbocycles. The minimum absolute atomic E-state index is 0.00844. The molecule has 5 heteroatoms. The van der Waals surface area contributed by atoms with Crippen LogP contribution in [0.5, 0.6) is 0 Å². The first-order valence-corrected chi connectivity index (χ1v) is 6.34. The molecule has 0 bridgehead atoms. The number of amides is 1. The molecule has 5 nitrogen and oxygen atoms in total. The van der Waals surface area contributed by atoms with Crippen molar-refractivity contribution in [2.45, 2.75) is 20.3 Å². The van der Waals surface area contributed by atoms with Gasteiger partial charge in [0, 0.05) is 12.2 Å². The topological polar surface area (TPSA) is 72.6 Å². The molecule has 0 heterocycles. The van der Waals surface area contributed by atoms with Crippen LogP contribution in [0, 0.1) is 0 Å². The molecule has 19 heavy (non-hydrogen) atoms. The van der Waals surface area contributed by atoms with Gasteiger partial charge in [-0.05, 0) is 31.5 Å². The van der Waals surface area contributed by atoms with Crippen LogP contribution in [0.3, 0.4) is 0 Å². The van der Waals surface area contributed by atoms with Gasteiger partial charge in [0.2, 0.25) is 5.91 Å². The highest BCUT2D eigenvalue weighted by atomic mass is 16.5. The smallest absolute Gasteiger partial charge is 0.325 e. The lowest BCUT2D eigenvalue weighted by Crippen LogP contribution is -2.37. The number of carbonyl (C=O) groups excluding carboxylic acids is 2. The lowest BCUT2D eigenvalue weighted by Gasteiger charge is -2.19. The number of nitrogen functional groups attached to an aromatic ring is 1. The molecule has 0 aliphatic carbocycles. The molecule has 0 aliphatic heterocycles. The van der Waals surface area contributed by atoms with Gasteiger partial charge in [0.25, 0.3) is 0 Å². The van der Waals surface area contributed by atoms with Crippen LogP contribution in [0.1, 0.15) is 19.4 Å². The van der Waals surface area contributed by atoms with Crippen molar-refractivity contribution in [1.82, 2.24) is 4.90 Å². The zero-order valence-corrected chi connectivity index (χ0v) is 11.4. The Morgan fingerprint density at radius 2 is 2.05 bits per heavy atom. The summed E-state index contributed by atoms with van der Waals surface area (Å²) in [5, 5.41) is 0. The first kappa shape index (κ1) is 15.0. The predicted octanol–water partition coefficient (Wildman–Crippen LogP) is 1.22. The summed E-state index contributed by atoms with van der Waals surface area (Å²) in [6.45, 7) is 4.35. The highest BCUT2D eigenvalue weighted by Crippen LogP contribution is 2.08. The van der Waals surface area contributed by atoms with Gasteiger partial charge in [-0.15, -0.1) is 0 Å². The molecule has 0 fully saturated rings. The lowest BCUT2D eigenvalue weighted by molar-refractivity contribution is -0.148. The Balaban J connectivity index is 2.61. The summed E-state index contributed by atoms with van der Waals surface area (Å²) in [4.78, 5) is 24.9. The Hall–Kier alpha value is -2.04. The van der Waals surface area contributed by atoms with Crippen molar-refractivity contribution in [3.63, 3.8) is 0 Å². The molecule has 0 radical (unpaired) electrons. The molecule has 2 N–H and O–H groups in total. The van der Waals surface area contributed by atoms with Crippen molar-refractivity contribution in [3.05, 3.63) is 29.8 Å². The lowest BCUT2D eigenvalue weighted by atomic mass is 10.1. The third-order valence-electron chi connectivity index (χ3n) is 2.67. The molecule has 0 saturated heterocycles. The van der Waals surface area contributed by atoms with Crippen LogP contribution < -0.4 is 5.73 Å². The highest BCUT2D eigenvalue weighted by Gasteiger charge is 2.16. The summed E-state index contributed by atoms with van der Waals surface area (Å²) in [7, 11) is 0. The molecule has 0 atom stereocenters. The second-order valence-corrected chi connectivity index (χ2v) is 4.13. The van der Waals surface area contributed by atoms with Crippen molar-refractivity contribution in [2.75, 3.05) is 25.4 Å². The number of likely N-dealkylation sites (N-methyl/N-ethyl adjacent to an activating group) is 1. The summed E-state index contributed by atoms with van der Waals surface area (Å²) in [5.41, 5.74) is 7.13. The van der Waals surface area contributed by atoms with Crippen molar-refractivity contribution in [2.24, 2.45) is 0 Å². The quantitative estimate of drug-likeness (QED) is 0.619. The van der Waals surface area contributed by atoms with Gasteiger partial charge in [-0.25, -0.2) is 0 Å². The van der Waals surface area contributed by atoms with E-state index in [4.69, 9.17) is 10.5 Å². The third-order valence-corrected chi connectivity index (χ3v) is 2.67. The number of nitrogens with two attached hydrogens (primary N) is 1. The average Bonchev–Trinajstić information content (AvgIpc) is 2.36. The normalized spacial score (nSPS) is 10.0. The molecule has 0 saturated carbocycles. The van der Waals surface area contributed by atoms with Gasteiger partial charge < -0.3 is 15.4 Å². The van der Waals surface area contributed by atoms with E-state index in [1.54, 1.807) is 25.1 Å². The number of hydrogen-bond acceptors (Lipinski definition) is 4. The van der Waals surface area contributed by atoms with Crippen LogP contribution in [0.4, 0.5) is 5.69 Å². The zero-order valence-electron chi connectivity index (χ0n) is 11.4. The molecular formula is C14H20N2O3. The number of carbonyl (C=O) groups is 2. The number of esters is 1. The maximum Gasteiger partial charge on any atom is 0.325 e. The van der Waals surface area contributed by atoms with E-state index in [0.717, 1.165) is 5.56 Å². The standard InChI is InChI=1S/C14H20N2O3/c1-3-16(10-14(18)19-4-2)13(17)9-11-6-5-7-12(15)8-11/h5-8H,3-4,9-10,15H2,1-2H3. The van der Waals surface area contributed by atoms with Crippen molar-refractivity contribution in [1.29, 1.82) is 0 Å². The molecule has 1 amide bonds. The number of benzene rings is 1. The monoisotopic (exact) mass is 264 g/mol. The Morgan fingerprint density at radius 3 is 2.63 bits per heavy atom. The molecule has 0 aromatic heterocycles. The molecular weight excluding hydrogens is 244 g/mol. The minimum Gasteiger partial charge on any atom is -0.465 e. The molecule has 1 rings (SSSR count). The number of anilines is 1. The van der Waals surface area contributed by atoms with Gasteiger partial charge in [0.15, 0.2) is 0 Å². The maximum absolute atomic E-state index is 12.1. The second kappa shape index (κ2) is 7.41. The van der Waals surface area contributed by atoms with Gasteiger partial charge in [-0.1, -0.05) is 12.1 Å². The minimum atomic E-state index is -0.384. The van der Waals surface area contributed by atoms with Crippen LogP contribution in [-0.4, -0.2) is 36.5 Å². The SMILES string of the molecule is CCOC(=O)CN(CC)C(=O)Cc1cccc(N)c1. The maximum atomic E-state index is 12.1. The fourth-order valence-corrected chi connectivity index (χ4v) is 1.73. The van der Waals surface area contributed by atoms with E-state index < -0.39 is 0 Å². The first-order valence-electron chi connectivity index (χ1n) is 6.34. The number of rotatable bonds is 6. The van der Waals surface area contributed by atoms with E-state index in [1.807, 2.05) is 13.0 Å². The summed E-state index contributed by atoms with van der Waals surface area (Å²) in [6.07, 6.45) is 0.234. The van der Waals surface area contributed by atoms with Gasteiger partial charge in [0.05, 0.1) is 13.0 Å². The van der Waals surface area contributed by atoms with Gasteiger partial charge in [0.1, 0.15) is 6.54 Å². The Labute approximate surface area is 113 Å². The van der Waals surface area contributed by atoms with E-state index in [2.05, 4.69) is 0 Å².